The Hall–Kier alpha value is -2.22. The van der Waals surface area contributed by atoms with Gasteiger partial charge in [-0.25, -0.2) is 0 Å². The minimum atomic E-state index is 0.160. The molecule has 19 heavy (non-hydrogen) atoms. The molecule has 2 heteroatoms. The van der Waals surface area contributed by atoms with Crippen LogP contribution in [-0.2, 0) is 6.42 Å². The number of rotatable bonds is 1. The van der Waals surface area contributed by atoms with Crippen molar-refractivity contribution in [1.82, 2.24) is 5.32 Å². The summed E-state index contributed by atoms with van der Waals surface area (Å²) in [5.41, 5.74) is 6.60. The monoisotopic (exact) mass is 248 g/mol. The Bertz CT molecular complexity index is 644. The zero-order valence-corrected chi connectivity index (χ0v) is 10.7. The summed E-state index contributed by atoms with van der Waals surface area (Å²) in [7, 11) is 0. The summed E-state index contributed by atoms with van der Waals surface area (Å²) in [6, 6.07) is 17.1. The highest BCUT2D eigenvalue weighted by Crippen LogP contribution is 2.37. The van der Waals surface area contributed by atoms with Crippen molar-refractivity contribution in [2.24, 2.45) is 0 Å². The minimum absolute atomic E-state index is 0.160. The highest BCUT2D eigenvalue weighted by atomic mass is 15.2. The maximum Gasteiger partial charge on any atom is 0.123 e. The Morgan fingerprint density at radius 2 is 1.79 bits per heavy atom. The molecule has 1 aliphatic heterocycles. The normalized spacial score (nSPS) is 19.8. The van der Waals surface area contributed by atoms with E-state index in [1.54, 1.807) is 0 Å². The summed E-state index contributed by atoms with van der Waals surface area (Å²) in [5, 5.41) is 7.22. The lowest BCUT2D eigenvalue weighted by Gasteiger charge is -2.34. The van der Waals surface area contributed by atoms with Crippen LogP contribution in [0.2, 0.25) is 0 Å². The molecule has 2 nitrogen and oxygen atoms in total. The second-order valence-electron chi connectivity index (χ2n) is 5.13. The molecule has 2 aromatic rings. The molecule has 0 spiro atoms. The minimum Gasteiger partial charge on any atom is -0.361 e. The van der Waals surface area contributed by atoms with Crippen LogP contribution in [0.25, 0.3) is 5.70 Å². The van der Waals surface area contributed by atoms with Crippen LogP contribution in [0.5, 0.6) is 0 Å². The highest BCUT2D eigenvalue weighted by Gasteiger charge is 2.25. The standard InChI is InChI=1S/C17H16N2/c1-2-6-13(7-3-1)17-18-14-10-4-8-12-9-5-11-15(19-17)16(12)14/h1-4,6-8,10-11,17-19H,5,9H2. The van der Waals surface area contributed by atoms with Crippen LogP contribution in [0, 0.1) is 0 Å². The van der Waals surface area contributed by atoms with E-state index in [-0.39, 0.29) is 6.17 Å². The molecular weight excluding hydrogens is 232 g/mol. The van der Waals surface area contributed by atoms with Crippen LogP contribution in [0.15, 0.2) is 54.6 Å². The Morgan fingerprint density at radius 3 is 2.68 bits per heavy atom. The lowest BCUT2D eigenvalue weighted by molar-refractivity contribution is 0.693. The number of anilines is 1. The first-order valence-electron chi connectivity index (χ1n) is 6.82. The van der Waals surface area contributed by atoms with Gasteiger partial charge < -0.3 is 10.6 Å². The molecule has 0 amide bonds. The van der Waals surface area contributed by atoms with Gasteiger partial charge in [0.2, 0.25) is 0 Å². The van der Waals surface area contributed by atoms with E-state index in [0.29, 0.717) is 0 Å². The number of nitrogens with one attached hydrogen (secondary N) is 2. The topological polar surface area (TPSA) is 24.1 Å². The Morgan fingerprint density at radius 1 is 0.895 bits per heavy atom. The van der Waals surface area contributed by atoms with Crippen molar-refractivity contribution in [3.05, 3.63) is 71.3 Å². The van der Waals surface area contributed by atoms with Crippen molar-refractivity contribution >= 4 is 11.4 Å². The molecule has 2 aromatic carbocycles. The third-order valence-electron chi connectivity index (χ3n) is 3.91. The van der Waals surface area contributed by atoms with Crippen molar-refractivity contribution in [3.8, 4) is 0 Å². The van der Waals surface area contributed by atoms with Crippen LogP contribution in [0.1, 0.15) is 29.3 Å². The van der Waals surface area contributed by atoms with Gasteiger partial charge >= 0.3 is 0 Å². The lowest BCUT2D eigenvalue weighted by Crippen LogP contribution is -2.33. The SMILES string of the molecule is C1=C2NC(c3ccccc3)Nc3cccc(c32)CC1. The Labute approximate surface area is 113 Å². The first-order chi connectivity index (χ1) is 9.42. The zero-order chi connectivity index (χ0) is 12.7. The number of allylic oxidation sites excluding steroid dienone is 1. The molecule has 2 aliphatic rings. The Balaban J connectivity index is 1.79. The van der Waals surface area contributed by atoms with E-state index >= 15 is 0 Å². The van der Waals surface area contributed by atoms with Gasteiger partial charge in [-0.1, -0.05) is 48.5 Å². The average Bonchev–Trinajstić information content (AvgIpc) is 2.49. The number of aryl methyl sites for hydroxylation is 1. The third-order valence-corrected chi connectivity index (χ3v) is 3.91. The fraction of sp³-hybridized carbons (Fsp3) is 0.176. The molecule has 0 bridgehead atoms. The van der Waals surface area contributed by atoms with Crippen molar-refractivity contribution < 1.29 is 0 Å². The number of benzene rings is 2. The molecule has 1 unspecified atom stereocenters. The largest absolute Gasteiger partial charge is 0.361 e. The molecule has 1 atom stereocenters. The fourth-order valence-electron chi connectivity index (χ4n) is 3.01. The molecule has 2 N–H and O–H groups in total. The maximum atomic E-state index is 3.62. The van der Waals surface area contributed by atoms with Crippen molar-refractivity contribution in [3.63, 3.8) is 0 Å². The van der Waals surface area contributed by atoms with Gasteiger partial charge in [-0.05, 0) is 30.0 Å². The van der Waals surface area contributed by atoms with Crippen LogP contribution in [0.4, 0.5) is 5.69 Å². The molecule has 0 aromatic heterocycles. The van der Waals surface area contributed by atoms with Gasteiger partial charge in [-0.15, -0.1) is 0 Å². The predicted octanol–water partition coefficient (Wildman–Crippen LogP) is 3.69. The van der Waals surface area contributed by atoms with E-state index < -0.39 is 0 Å². The smallest absolute Gasteiger partial charge is 0.123 e. The summed E-state index contributed by atoms with van der Waals surface area (Å²) in [5.74, 6) is 0. The van der Waals surface area contributed by atoms with Crippen molar-refractivity contribution in [1.29, 1.82) is 0 Å². The lowest BCUT2D eigenvalue weighted by atomic mass is 9.91. The van der Waals surface area contributed by atoms with Gasteiger partial charge in [-0.3, -0.25) is 0 Å². The maximum absolute atomic E-state index is 3.62. The second kappa shape index (κ2) is 4.16. The molecule has 0 saturated heterocycles. The van der Waals surface area contributed by atoms with Gasteiger partial charge in [-0.2, -0.15) is 0 Å². The third kappa shape index (κ3) is 1.72. The summed E-state index contributed by atoms with van der Waals surface area (Å²) < 4.78 is 0. The number of hydrogen-bond donors (Lipinski definition) is 2. The van der Waals surface area contributed by atoms with Crippen molar-refractivity contribution in [2.45, 2.75) is 19.0 Å². The van der Waals surface area contributed by atoms with E-state index in [9.17, 15) is 0 Å². The highest BCUT2D eigenvalue weighted by molar-refractivity contribution is 5.82. The van der Waals surface area contributed by atoms with E-state index in [1.807, 2.05) is 0 Å². The van der Waals surface area contributed by atoms with Gasteiger partial charge in [0, 0.05) is 16.9 Å². The van der Waals surface area contributed by atoms with Crippen LogP contribution >= 0.6 is 0 Å². The van der Waals surface area contributed by atoms with Gasteiger partial charge in [0.1, 0.15) is 6.17 Å². The van der Waals surface area contributed by atoms with E-state index in [1.165, 1.54) is 28.1 Å². The average molecular weight is 248 g/mol. The molecule has 94 valence electrons. The first kappa shape index (κ1) is 10.7. The first-order valence-corrected chi connectivity index (χ1v) is 6.82. The fourth-order valence-corrected chi connectivity index (χ4v) is 3.01. The van der Waals surface area contributed by atoms with Gasteiger partial charge in [0.15, 0.2) is 0 Å². The van der Waals surface area contributed by atoms with Crippen LogP contribution in [-0.4, -0.2) is 0 Å². The van der Waals surface area contributed by atoms with Gasteiger partial charge in [0.05, 0.1) is 0 Å². The summed E-state index contributed by atoms with van der Waals surface area (Å²) >= 11 is 0. The number of hydrogen-bond acceptors (Lipinski definition) is 2. The van der Waals surface area contributed by atoms with Crippen molar-refractivity contribution in [2.75, 3.05) is 5.32 Å². The summed E-state index contributed by atoms with van der Waals surface area (Å²) in [6.45, 7) is 0. The quantitative estimate of drug-likeness (QED) is 0.804. The molecule has 0 radical (unpaired) electrons. The summed E-state index contributed by atoms with van der Waals surface area (Å²) in [6.07, 6.45) is 4.75. The molecule has 4 rings (SSSR count). The molecule has 0 saturated carbocycles. The van der Waals surface area contributed by atoms with E-state index in [4.69, 9.17) is 0 Å². The van der Waals surface area contributed by atoms with Crippen LogP contribution in [0.3, 0.4) is 0 Å². The summed E-state index contributed by atoms with van der Waals surface area (Å²) in [4.78, 5) is 0. The second-order valence-corrected chi connectivity index (χ2v) is 5.13. The van der Waals surface area contributed by atoms with Crippen LogP contribution < -0.4 is 10.6 Å². The van der Waals surface area contributed by atoms with E-state index in [2.05, 4.69) is 65.2 Å². The predicted molar refractivity (Wildman–Crippen MR) is 78.7 cm³/mol. The van der Waals surface area contributed by atoms with Gasteiger partial charge in [0.25, 0.3) is 0 Å². The molecular formula is C17H16N2. The zero-order valence-electron chi connectivity index (χ0n) is 10.7. The Kier molecular flexibility index (Phi) is 2.34. The molecule has 1 heterocycles. The molecule has 0 fully saturated rings. The molecule has 1 aliphatic carbocycles. The van der Waals surface area contributed by atoms with E-state index in [0.717, 1.165) is 12.8 Å².